The highest BCUT2D eigenvalue weighted by Gasteiger charge is 2.30. The Hall–Kier alpha value is -3.03. The van der Waals surface area contributed by atoms with Crippen LogP contribution in [0.1, 0.15) is 15.9 Å². The normalized spacial score (nSPS) is 11.5. The number of aromatic nitrogens is 2. The molecule has 1 aromatic heterocycles. The smallest absolute Gasteiger partial charge is 0.416 e. The van der Waals surface area contributed by atoms with E-state index >= 15 is 0 Å². The fourth-order valence-corrected chi connectivity index (χ4v) is 2.27. The number of carbonyl (C=O) groups excluding carboxylic acids is 1. The van der Waals surface area contributed by atoms with Crippen molar-refractivity contribution in [2.24, 2.45) is 0 Å². The van der Waals surface area contributed by atoms with Gasteiger partial charge in [0.25, 0.3) is 5.91 Å². The number of amides is 1. The lowest BCUT2D eigenvalue weighted by Gasteiger charge is -2.12. The molecule has 1 amide bonds. The molecule has 8 heteroatoms. The van der Waals surface area contributed by atoms with Crippen molar-refractivity contribution < 1.29 is 22.7 Å². The van der Waals surface area contributed by atoms with Crippen LogP contribution in [0.15, 0.2) is 42.6 Å². The van der Waals surface area contributed by atoms with Crippen LogP contribution < -0.4 is 10.1 Å². The predicted molar refractivity (Wildman–Crippen MR) is 82.0 cm³/mol. The monoisotopic (exact) mass is 335 g/mol. The van der Waals surface area contributed by atoms with Gasteiger partial charge in [0.2, 0.25) is 0 Å². The highest BCUT2D eigenvalue weighted by atomic mass is 19.4. The maximum atomic E-state index is 12.8. The summed E-state index contributed by atoms with van der Waals surface area (Å²) in [4.78, 5) is 12.3. The minimum absolute atomic E-state index is 0.0980. The molecule has 2 N–H and O–H groups in total. The van der Waals surface area contributed by atoms with Gasteiger partial charge in [-0.15, -0.1) is 0 Å². The van der Waals surface area contributed by atoms with Crippen molar-refractivity contribution in [1.82, 2.24) is 10.2 Å². The molecule has 5 nitrogen and oxygen atoms in total. The van der Waals surface area contributed by atoms with Crippen molar-refractivity contribution in [3.63, 3.8) is 0 Å². The molecule has 0 aliphatic carbocycles. The van der Waals surface area contributed by atoms with E-state index in [-0.39, 0.29) is 5.56 Å². The summed E-state index contributed by atoms with van der Waals surface area (Å²) in [5.74, 6) is -0.297. The molecular weight excluding hydrogens is 323 g/mol. The van der Waals surface area contributed by atoms with Crippen LogP contribution in [0.25, 0.3) is 10.9 Å². The number of fused-ring (bicyclic) bond motifs is 1. The summed E-state index contributed by atoms with van der Waals surface area (Å²) in [5, 5.41) is 9.94. The first-order valence-corrected chi connectivity index (χ1v) is 6.88. The fourth-order valence-electron chi connectivity index (χ4n) is 2.27. The zero-order valence-electron chi connectivity index (χ0n) is 12.4. The Kier molecular flexibility index (Phi) is 3.88. The molecule has 0 aliphatic rings. The molecule has 3 rings (SSSR count). The molecule has 0 atom stereocenters. The van der Waals surface area contributed by atoms with Gasteiger partial charge in [0.05, 0.1) is 30.1 Å². The molecule has 0 aliphatic heterocycles. The first-order valence-electron chi connectivity index (χ1n) is 6.88. The second-order valence-corrected chi connectivity index (χ2v) is 5.04. The van der Waals surface area contributed by atoms with Crippen molar-refractivity contribution in [3.05, 3.63) is 53.7 Å². The van der Waals surface area contributed by atoms with Crippen LogP contribution in [-0.4, -0.2) is 23.2 Å². The van der Waals surface area contributed by atoms with Gasteiger partial charge in [-0.25, -0.2) is 0 Å². The van der Waals surface area contributed by atoms with E-state index in [2.05, 4.69) is 15.5 Å². The van der Waals surface area contributed by atoms with Crippen molar-refractivity contribution >= 4 is 22.5 Å². The maximum absolute atomic E-state index is 12.8. The van der Waals surface area contributed by atoms with Crippen LogP contribution in [0.4, 0.5) is 18.9 Å². The number of carbonyl (C=O) groups is 1. The largest absolute Gasteiger partial charge is 0.494 e. The first-order chi connectivity index (χ1) is 11.4. The Labute approximate surface area is 134 Å². The van der Waals surface area contributed by atoms with E-state index in [9.17, 15) is 18.0 Å². The molecule has 1 heterocycles. The number of ether oxygens (including phenoxy) is 1. The molecule has 124 valence electrons. The number of nitrogens with zero attached hydrogens (tertiary/aromatic N) is 1. The number of methoxy groups -OCH3 is 1. The van der Waals surface area contributed by atoms with E-state index in [0.29, 0.717) is 17.0 Å². The molecule has 0 spiro atoms. The van der Waals surface area contributed by atoms with Gasteiger partial charge >= 0.3 is 6.18 Å². The summed E-state index contributed by atoms with van der Waals surface area (Å²) in [7, 11) is 1.43. The summed E-state index contributed by atoms with van der Waals surface area (Å²) in [6, 6.07) is 7.49. The van der Waals surface area contributed by atoms with E-state index in [1.165, 1.54) is 19.2 Å². The van der Waals surface area contributed by atoms with Crippen LogP contribution in [-0.2, 0) is 6.18 Å². The minimum Gasteiger partial charge on any atom is -0.494 e. The number of nitrogens with one attached hydrogen (secondary N) is 2. The lowest BCUT2D eigenvalue weighted by molar-refractivity contribution is -0.137. The van der Waals surface area contributed by atoms with Crippen LogP contribution in [0.2, 0.25) is 0 Å². The number of halogens is 3. The number of H-pyrrole nitrogens is 1. The minimum atomic E-state index is -4.51. The number of benzene rings is 2. The van der Waals surface area contributed by atoms with Gasteiger partial charge in [0.1, 0.15) is 5.75 Å². The molecular formula is C16H12F3N3O2. The van der Waals surface area contributed by atoms with E-state index in [4.69, 9.17) is 4.74 Å². The van der Waals surface area contributed by atoms with Gasteiger partial charge in [-0.05, 0) is 24.3 Å². The van der Waals surface area contributed by atoms with Gasteiger partial charge in [0.15, 0.2) is 0 Å². The van der Waals surface area contributed by atoms with Gasteiger partial charge in [-0.3, -0.25) is 9.89 Å². The van der Waals surface area contributed by atoms with Crippen molar-refractivity contribution in [1.29, 1.82) is 0 Å². The summed E-state index contributed by atoms with van der Waals surface area (Å²) < 4.78 is 43.5. The third kappa shape index (κ3) is 3.03. The van der Waals surface area contributed by atoms with Crippen LogP contribution in [0, 0.1) is 0 Å². The van der Waals surface area contributed by atoms with Gasteiger partial charge in [0, 0.05) is 17.0 Å². The molecule has 0 fully saturated rings. The van der Waals surface area contributed by atoms with Crippen LogP contribution >= 0.6 is 0 Å². The summed E-state index contributed by atoms with van der Waals surface area (Å²) in [6.07, 6.45) is -2.95. The number of aromatic amines is 1. The molecule has 0 radical (unpaired) electrons. The molecule has 2 aromatic carbocycles. The molecule has 0 unspecified atom stereocenters. The fraction of sp³-hybridized carbons (Fsp3) is 0.125. The molecule has 0 saturated heterocycles. The molecule has 0 bridgehead atoms. The van der Waals surface area contributed by atoms with Crippen molar-refractivity contribution in [2.75, 3.05) is 12.4 Å². The summed E-state index contributed by atoms with van der Waals surface area (Å²) in [5.41, 5.74) is 0.0734. The lowest BCUT2D eigenvalue weighted by Crippen LogP contribution is -2.14. The van der Waals surface area contributed by atoms with E-state index < -0.39 is 17.6 Å². The van der Waals surface area contributed by atoms with Gasteiger partial charge in [-0.1, -0.05) is 6.07 Å². The average Bonchev–Trinajstić information content (AvgIpc) is 3.00. The molecule has 24 heavy (non-hydrogen) atoms. The number of anilines is 1. The SMILES string of the molecule is COc1cc2[nH]ncc2cc1NC(=O)c1cccc(C(F)(F)F)c1. The number of hydrogen-bond donors (Lipinski definition) is 2. The Morgan fingerprint density at radius 2 is 2.04 bits per heavy atom. The Morgan fingerprint density at radius 1 is 1.25 bits per heavy atom. The summed E-state index contributed by atoms with van der Waals surface area (Å²) >= 11 is 0. The second-order valence-electron chi connectivity index (χ2n) is 5.04. The predicted octanol–water partition coefficient (Wildman–Crippen LogP) is 3.84. The summed E-state index contributed by atoms with van der Waals surface area (Å²) in [6.45, 7) is 0. The Balaban J connectivity index is 1.92. The van der Waals surface area contributed by atoms with Gasteiger partial charge in [-0.2, -0.15) is 18.3 Å². The third-order valence-corrected chi connectivity index (χ3v) is 3.46. The quantitative estimate of drug-likeness (QED) is 0.764. The van der Waals surface area contributed by atoms with E-state index in [1.807, 2.05) is 0 Å². The number of alkyl halides is 3. The lowest BCUT2D eigenvalue weighted by atomic mass is 10.1. The van der Waals surface area contributed by atoms with Crippen molar-refractivity contribution in [2.45, 2.75) is 6.18 Å². The van der Waals surface area contributed by atoms with E-state index in [1.54, 1.807) is 18.3 Å². The Morgan fingerprint density at radius 3 is 2.75 bits per heavy atom. The Bertz CT molecular complexity index is 903. The van der Waals surface area contributed by atoms with Crippen molar-refractivity contribution in [3.8, 4) is 5.75 Å². The topological polar surface area (TPSA) is 67.0 Å². The first kappa shape index (κ1) is 15.9. The average molecular weight is 335 g/mol. The number of rotatable bonds is 3. The van der Waals surface area contributed by atoms with Crippen LogP contribution in [0.3, 0.4) is 0 Å². The maximum Gasteiger partial charge on any atom is 0.416 e. The standard InChI is InChI=1S/C16H12F3N3O2/c1-24-14-7-12-10(8-20-22-12)6-13(14)21-15(23)9-3-2-4-11(5-9)16(17,18)19/h2-8H,1H3,(H,20,22)(H,21,23). The zero-order chi connectivity index (χ0) is 17.3. The van der Waals surface area contributed by atoms with Crippen LogP contribution in [0.5, 0.6) is 5.75 Å². The third-order valence-electron chi connectivity index (χ3n) is 3.46. The van der Waals surface area contributed by atoms with E-state index in [0.717, 1.165) is 17.5 Å². The van der Waals surface area contributed by atoms with Gasteiger partial charge < -0.3 is 10.1 Å². The molecule has 0 saturated carbocycles. The highest BCUT2D eigenvalue weighted by Crippen LogP contribution is 2.31. The number of hydrogen-bond acceptors (Lipinski definition) is 3. The highest BCUT2D eigenvalue weighted by molar-refractivity contribution is 6.06. The zero-order valence-corrected chi connectivity index (χ0v) is 12.4. The second kappa shape index (κ2) is 5.88. The molecule has 3 aromatic rings.